The van der Waals surface area contributed by atoms with Gasteiger partial charge in [0.15, 0.2) is 0 Å². The van der Waals surface area contributed by atoms with Crippen LogP contribution in [0.4, 0.5) is 0 Å². The van der Waals surface area contributed by atoms with E-state index in [0.29, 0.717) is 29.8 Å². The normalized spacial score (nSPS) is 37.0. The quantitative estimate of drug-likeness (QED) is 0.464. The number of piperidine rings is 1. The van der Waals surface area contributed by atoms with Crippen molar-refractivity contribution in [3.05, 3.63) is 0 Å². The molecule has 4 heteroatoms. The molecule has 3 rings (SSSR count). The molecule has 1 saturated carbocycles. The zero-order valence-corrected chi connectivity index (χ0v) is 16.5. The number of aliphatic hydroxyl groups excluding tert-OH is 1. The van der Waals surface area contributed by atoms with E-state index in [1.54, 1.807) is 7.11 Å². The lowest BCUT2D eigenvalue weighted by Gasteiger charge is -2.45. The molecule has 0 aromatic rings. The molecule has 3 aliphatic rings. The number of ether oxygens (including phenoxy) is 1. The molecule has 26 heavy (non-hydrogen) atoms. The lowest BCUT2D eigenvalue weighted by molar-refractivity contribution is -0.154. The van der Waals surface area contributed by atoms with Crippen molar-refractivity contribution in [3.8, 4) is 11.8 Å². The minimum Gasteiger partial charge on any atom is -0.469 e. The van der Waals surface area contributed by atoms with E-state index in [9.17, 15) is 4.79 Å². The fourth-order valence-corrected chi connectivity index (χ4v) is 5.69. The van der Waals surface area contributed by atoms with Crippen molar-refractivity contribution in [1.29, 1.82) is 0 Å². The van der Waals surface area contributed by atoms with Crippen LogP contribution in [0.1, 0.15) is 64.2 Å². The Bertz CT molecular complexity index is 529. The van der Waals surface area contributed by atoms with Gasteiger partial charge in [-0.2, -0.15) is 0 Å². The van der Waals surface area contributed by atoms with Crippen molar-refractivity contribution in [2.75, 3.05) is 20.8 Å². The second kappa shape index (κ2) is 9.24. The van der Waals surface area contributed by atoms with Gasteiger partial charge >= 0.3 is 5.97 Å². The standard InChI is InChI=1S/C22H35NO3/c1-23-18-12-13-20(23)21(22(25)26-2)19(15-18)17-10-8-16(9-11-17)7-5-3-4-6-14-24/h16-21,24H,3-4,6,8-15H2,1-2H3/t16?,17?,18-,19-,20?,21?/m1/s1. The first kappa shape index (κ1) is 19.7. The molecule has 146 valence electrons. The number of aliphatic hydroxyl groups is 1. The van der Waals surface area contributed by atoms with E-state index in [1.165, 1.54) is 32.1 Å². The highest BCUT2D eigenvalue weighted by atomic mass is 16.5. The summed E-state index contributed by atoms with van der Waals surface area (Å²) in [6, 6.07) is 1.05. The Balaban J connectivity index is 1.57. The maximum Gasteiger partial charge on any atom is 0.310 e. The van der Waals surface area contributed by atoms with E-state index in [2.05, 4.69) is 23.8 Å². The van der Waals surface area contributed by atoms with Gasteiger partial charge in [0.25, 0.3) is 0 Å². The van der Waals surface area contributed by atoms with Crippen molar-refractivity contribution in [2.24, 2.45) is 23.7 Å². The average molecular weight is 362 g/mol. The molecule has 3 fully saturated rings. The lowest BCUT2D eigenvalue weighted by Crippen LogP contribution is -2.52. The number of methoxy groups -OCH3 is 1. The summed E-state index contributed by atoms with van der Waals surface area (Å²) in [4.78, 5) is 15.0. The molecule has 4 nitrogen and oxygen atoms in total. The van der Waals surface area contributed by atoms with Gasteiger partial charge in [0, 0.05) is 31.0 Å². The molecule has 2 saturated heterocycles. The summed E-state index contributed by atoms with van der Waals surface area (Å²) in [5.41, 5.74) is 0. The molecular formula is C22H35NO3. The summed E-state index contributed by atoms with van der Waals surface area (Å²) in [6.07, 6.45) is 11.1. The number of nitrogens with zero attached hydrogens (tertiary/aromatic N) is 1. The smallest absolute Gasteiger partial charge is 0.310 e. The Kier molecular flexibility index (Phi) is 7.00. The molecule has 0 aromatic heterocycles. The van der Waals surface area contributed by atoms with E-state index in [4.69, 9.17) is 9.84 Å². The van der Waals surface area contributed by atoms with E-state index < -0.39 is 0 Å². The second-order valence-electron chi connectivity index (χ2n) is 8.53. The SMILES string of the molecule is COC(=O)C1C2CC[C@H](C[C@@H]1C1CCC(C#CCCCCO)CC1)N2C. The molecule has 2 aliphatic heterocycles. The average Bonchev–Trinajstić information content (AvgIpc) is 2.90. The van der Waals surface area contributed by atoms with Crippen molar-refractivity contribution in [3.63, 3.8) is 0 Å². The van der Waals surface area contributed by atoms with Gasteiger partial charge in [0.1, 0.15) is 0 Å². The highest BCUT2D eigenvalue weighted by Crippen LogP contribution is 2.48. The van der Waals surface area contributed by atoms with Gasteiger partial charge in [-0.15, -0.1) is 5.92 Å². The molecule has 0 aromatic carbocycles. The van der Waals surface area contributed by atoms with Crippen LogP contribution < -0.4 is 0 Å². The summed E-state index contributed by atoms with van der Waals surface area (Å²) in [5.74, 6) is 8.52. The fourth-order valence-electron chi connectivity index (χ4n) is 5.69. The second-order valence-corrected chi connectivity index (χ2v) is 8.53. The van der Waals surface area contributed by atoms with Gasteiger partial charge < -0.3 is 9.84 Å². The van der Waals surface area contributed by atoms with Crippen LogP contribution in [0.2, 0.25) is 0 Å². The maximum absolute atomic E-state index is 12.6. The third-order valence-electron chi connectivity index (χ3n) is 7.18. The maximum atomic E-state index is 12.6. The van der Waals surface area contributed by atoms with E-state index in [1.807, 2.05) is 0 Å². The van der Waals surface area contributed by atoms with Crippen LogP contribution in [0.15, 0.2) is 0 Å². The molecule has 0 radical (unpaired) electrons. The minimum absolute atomic E-state index is 0.0120. The van der Waals surface area contributed by atoms with Gasteiger partial charge in [-0.3, -0.25) is 9.69 Å². The van der Waals surface area contributed by atoms with Crippen LogP contribution in [0.25, 0.3) is 0 Å². The van der Waals surface area contributed by atoms with Crippen LogP contribution in [0.5, 0.6) is 0 Å². The predicted molar refractivity (Wildman–Crippen MR) is 102 cm³/mol. The first-order chi connectivity index (χ1) is 12.7. The minimum atomic E-state index is 0.0120. The Morgan fingerprint density at radius 1 is 1.15 bits per heavy atom. The third kappa shape index (κ3) is 4.26. The molecule has 0 spiro atoms. The van der Waals surface area contributed by atoms with Crippen LogP contribution in [-0.4, -0.2) is 48.8 Å². The Morgan fingerprint density at radius 2 is 1.92 bits per heavy atom. The van der Waals surface area contributed by atoms with Crippen molar-refractivity contribution >= 4 is 5.97 Å². The molecule has 0 amide bonds. The summed E-state index contributed by atoms with van der Waals surface area (Å²) in [7, 11) is 3.74. The molecule has 1 N–H and O–H groups in total. The number of unbranched alkanes of at least 4 members (excludes halogenated alkanes) is 2. The topological polar surface area (TPSA) is 49.8 Å². The monoisotopic (exact) mass is 361 g/mol. The third-order valence-corrected chi connectivity index (χ3v) is 7.18. The van der Waals surface area contributed by atoms with Gasteiger partial charge in [-0.05, 0) is 76.7 Å². The number of carbonyl (C=O) groups excluding carboxylic acids is 1. The summed E-state index contributed by atoms with van der Waals surface area (Å²) in [6.45, 7) is 0.271. The largest absolute Gasteiger partial charge is 0.469 e. The number of rotatable bonds is 5. The van der Waals surface area contributed by atoms with Gasteiger partial charge in [-0.25, -0.2) is 0 Å². The number of hydrogen-bond donors (Lipinski definition) is 1. The van der Waals surface area contributed by atoms with Crippen molar-refractivity contribution < 1.29 is 14.6 Å². The summed E-state index contributed by atoms with van der Waals surface area (Å²) < 4.78 is 5.21. The molecule has 4 atom stereocenters. The Morgan fingerprint density at radius 3 is 2.62 bits per heavy atom. The van der Waals surface area contributed by atoms with E-state index >= 15 is 0 Å². The van der Waals surface area contributed by atoms with Crippen LogP contribution >= 0.6 is 0 Å². The zero-order valence-electron chi connectivity index (χ0n) is 16.5. The number of esters is 1. The van der Waals surface area contributed by atoms with Gasteiger partial charge in [-0.1, -0.05) is 5.92 Å². The molecule has 2 heterocycles. The van der Waals surface area contributed by atoms with Crippen molar-refractivity contribution in [2.45, 2.75) is 76.3 Å². The highest BCUT2D eigenvalue weighted by Gasteiger charge is 2.51. The van der Waals surface area contributed by atoms with Crippen molar-refractivity contribution in [1.82, 2.24) is 4.90 Å². The summed E-state index contributed by atoms with van der Waals surface area (Å²) in [5, 5.41) is 8.82. The molecule has 2 bridgehead atoms. The van der Waals surface area contributed by atoms with Crippen LogP contribution in [-0.2, 0) is 9.53 Å². The Labute approximate surface area is 158 Å². The van der Waals surface area contributed by atoms with Gasteiger partial charge in [0.2, 0.25) is 0 Å². The molecule has 2 unspecified atom stereocenters. The van der Waals surface area contributed by atoms with E-state index in [0.717, 1.165) is 32.1 Å². The van der Waals surface area contributed by atoms with E-state index in [-0.39, 0.29) is 18.5 Å². The number of fused-ring (bicyclic) bond motifs is 2. The lowest BCUT2D eigenvalue weighted by atomic mass is 9.67. The fraction of sp³-hybridized carbons (Fsp3) is 0.864. The zero-order chi connectivity index (χ0) is 18.5. The Hall–Kier alpha value is -1.05. The first-order valence-corrected chi connectivity index (χ1v) is 10.5. The first-order valence-electron chi connectivity index (χ1n) is 10.5. The van der Waals surface area contributed by atoms with Crippen LogP contribution in [0, 0.1) is 35.5 Å². The number of hydrogen-bond acceptors (Lipinski definition) is 4. The van der Waals surface area contributed by atoms with Crippen LogP contribution in [0.3, 0.4) is 0 Å². The summed E-state index contributed by atoms with van der Waals surface area (Å²) >= 11 is 0. The predicted octanol–water partition coefficient (Wildman–Crippen LogP) is 3.23. The number of carbonyl (C=O) groups is 1. The molecule has 1 aliphatic carbocycles. The molecular weight excluding hydrogens is 326 g/mol. The van der Waals surface area contributed by atoms with Gasteiger partial charge in [0.05, 0.1) is 13.0 Å². The highest BCUT2D eigenvalue weighted by molar-refractivity contribution is 5.74.